The van der Waals surface area contributed by atoms with Gasteiger partial charge in [-0.1, -0.05) is 0 Å². The Morgan fingerprint density at radius 2 is 1.11 bits per heavy atom. The molecule has 2 aromatic carbocycles. The van der Waals surface area contributed by atoms with Gasteiger partial charge in [0.15, 0.2) is 0 Å². The topological polar surface area (TPSA) is 227 Å². The Morgan fingerprint density at radius 3 is 1.66 bits per heavy atom. The lowest BCUT2D eigenvalue weighted by Gasteiger charge is -2.13. The van der Waals surface area contributed by atoms with Gasteiger partial charge in [-0.15, -0.1) is 0 Å². The first-order valence-electron chi connectivity index (χ1n) is 12.7. The van der Waals surface area contributed by atoms with E-state index >= 15 is 8.78 Å². The summed E-state index contributed by atoms with van der Waals surface area (Å²) in [5, 5.41) is 89.4. The molecular weight excluding hydrogens is 605 g/mol. The number of fused-ring (bicyclic) bond motifs is 2. The van der Waals surface area contributed by atoms with E-state index in [9.17, 15) is 46.5 Å². The van der Waals surface area contributed by atoms with Crippen molar-refractivity contribution in [2.24, 2.45) is 0 Å². The summed E-state index contributed by atoms with van der Waals surface area (Å²) >= 11 is 0. The van der Waals surface area contributed by atoms with Crippen molar-refractivity contribution >= 4 is 33.4 Å². The molecule has 0 saturated heterocycles. The number of hydrogen-bond acceptors (Lipinski definition) is 10. The molecule has 0 saturated carbocycles. The average Bonchev–Trinajstić information content (AvgIpc) is 3.58. The zero-order chi connectivity index (χ0) is 34.2. The van der Waals surface area contributed by atoms with E-state index in [2.05, 4.69) is 4.98 Å². The maximum atomic E-state index is 15.5. The van der Waals surface area contributed by atoms with Crippen LogP contribution < -0.4 is 0 Å². The second-order valence-corrected chi connectivity index (χ2v) is 9.46. The first kappa shape index (κ1) is 30.2. The van der Waals surface area contributed by atoms with Gasteiger partial charge in [-0.3, -0.25) is 0 Å². The molecule has 0 spiro atoms. The molecule has 0 N–H and O–H groups in total. The van der Waals surface area contributed by atoms with Gasteiger partial charge in [0, 0.05) is 50.1 Å². The predicted octanol–water partition coefficient (Wildman–Crippen LogP) is 5.61. The fourth-order valence-electron chi connectivity index (χ4n) is 5.54. The quantitative estimate of drug-likeness (QED) is 0.326. The average molecular weight is 610 g/mol. The normalized spacial score (nSPS) is 12.1. The van der Waals surface area contributed by atoms with Crippen molar-refractivity contribution in [1.82, 2.24) is 4.98 Å². The van der Waals surface area contributed by atoms with Crippen LogP contribution in [0.2, 0.25) is 0 Å². The van der Waals surface area contributed by atoms with Gasteiger partial charge in [-0.25, -0.2) is 18.2 Å². The highest BCUT2D eigenvalue weighted by Gasteiger charge is 2.41. The van der Waals surface area contributed by atoms with Crippen LogP contribution in [0.3, 0.4) is 0 Å². The minimum Gasteiger partial charge on any atom is -0.242 e. The van der Waals surface area contributed by atoms with Gasteiger partial charge >= 0.3 is 0 Å². The van der Waals surface area contributed by atoms with Crippen molar-refractivity contribution in [3.05, 3.63) is 109 Å². The first-order valence-corrected chi connectivity index (χ1v) is 12.7. The van der Waals surface area contributed by atoms with Gasteiger partial charge in [0.05, 0.1) is 28.5 Å². The van der Waals surface area contributed by atoms with Crippen molar-refractivity contribution in [3.8, 4) is 54.6 Å². The monoisotopic (exact) mass is 610 g/mol. The number of pyridine rings is 1. The summed E-state index contributed by atoms with van der Waals surface area (Å²) in [5.74, 6) is -3.47. The van der Waals surface area contributed by atoms with Crippen LogP contribution in [0.15, 0.2) is 41.6 Å². The molecule has 0 bridgehead atoms. The Kier molecular flexibility index (Phi) is 7.36. The lowest BCUT2D eigenvalue weighted by Crippen LogP contribution is -2.01. The molecular formula is C34H5F3N10. The fraction of sp³-hybridized carbons (Fsp3) is 0. The van der Waals surface area contributed by atoms with Crippen molar-refractivity contribution in [2.45, 2.75) is 0 Å². The number of nitriles is 9. The number of benzene rings is 2. The van der Waals surface area contributed by atoms with E-state index in [-0.39, 0.29) is 33.5 Å². The van der Waals surface area contributed by atoms with Crippen LogP contribution in [0.4, 0.5) is 13.2 Å². The molecule has 2 aliphatic rings. The minimum atomic E-state index is -1.21. The molecule has 212 valence electrons. The number of aromatic nitrogens is 1. The van der Waals surface area contributed by atoms with Gasteiger partial charge in [0.25, 0.3) is 0 Å². The van der Waals surface area contributed by atoms with Crippen LogP contribution in [-0.2, 0) is 0 Å². The van der Waals surface area contributed by atoms with Crippen LogP contribution in [0.1, 0.15) is 50.2 Å². The zero-order valence-corrected chi connectivity index (χ0v) is 23.0. The molecule has 0 radical (unpaired) electrons. The summed E-state index contributed by atoms with van der Waals surface area (Å²) < 4.78 is 45.6. The summed E-state index contributed by atoms with van der Waals surface area (Å²) in [6.45, 7) is 0. The molecule has 0 unspecified atom stereocenters. The number of halogens is 3. The van der Waals surface area contributed by atoms with E-state index in [1.807, 2.05) is 12.1 Å². The van der Waals surface area contributed by atoms with Crippen LogP contribution in [0.25, 0.3) is 33.4 Å². The second kappa shape index (κ2) is 11.4. The Labute approximate surface area is 262 Å². The van der Waals surface area contributed by atoms with Gasteiger partial charge < -0.3 is 0 Å². The van der Waals surface area contributed by atoms with E-state index in [0.717, 1.165) is 12.1 Å². The van der Waals surface area contributed by atoms with E-state index in [0.29, 0.717) is 18.3 Å². The maximum Gasteiger partial charge on any atom is 0.149 e. The third-order valence-corrected chi connectivity index (χ3v) is 7.33. The third-order valence-electron chi connectivity index (χ3n) is 7.33. The number of nitrogens with zero attached hydrogens (tertiary/aromatic N) is 10. The summed E-state index contributed by atoms with van der Waals surface area (Å²) in [6.07, 6.45) is 0.682. The van der Waals surface area contributed by atoms with E-state index in [1.165, 1.54) is 6.07 Å². The van der Waals surface area contributed by atoms with Gasteiger partial charge in [0.1, 0.15) is 88.9 Å². The molecule has 0 amide bonds. The smallest absolute Gasteiger partial charge is 0.149 e. The first-order chi connectivity index (χ1) is 22.7. The number of hydrogen-bond donors (Lipinski definition) is 0. The second-order valence-electron chi connectivity index (χ2n) is 9.46. The Balaban J connectivity index is 2.05. The van der Waals surface area contributed by atoms with E-state index < -0.39 is 78.7 Å². The summed E-state index contributed by atoms with van der Waals surface area (Å²) in [6, 6.07) is 18.5. The highest BCUT2D eigenvalue weighted by molar-refractivity contribution is 6.31. The van der Waals surface area contributed by atoms with Crippen molar-refractivity contribution < 1.29 is 13.2 Å². The molecule has 0 fully saturated rings. The van der Waals surface area contributed by atoms with Crippen LogP contribution in [0, 0.1) is 119 Å². The molecule has 5 rings (SSSR count). The van der Waals surface area contributed by atoms with Gasteiger partial charge in [-0.2, -0.15) is 47.4 Å². The molecule has 3 aromatic rings. The molecule has 2 aliphatic carbocycles. The zero-order valence-electron chi connectivity index (χ0n) is 23.0. The van der Waals surface area contributed by atoms with Crippen molar-refractivity contribution in [1.29, 1.82) is 47.4 Å². The molecule has 47 heavy (non-hydrogen) atoms. The molecule has 1 aromatic heterocycles. The fourth-order valence-corrected chi connectivity index (χ4v) is 5.54. The van der Waals surface area contributed by atoms with E-state index in [4.69, 9.17) is 5.26 Å². The van der Waals surface area contributed by atoms with Crippen LogP contribution >= 0.6 is 0 Å². The van der Waals surface area contributed by atoms with Gasteiger partial charge in [-0.05, 0) is 29.8 Å². The molecule has 13 heteroatoms. The summed E-state index contributed by atoms with van der Waals surface area (Å²) in [5.41, 5.74) is -7.49. The van der Waals surface area contributed by atoms with Crippen LogP contribution in [0.5, 0.6) is 0 Å². The molecule has 0 atom stereocenters. The Hall–Kier alpha value is -8.25. The predicted molar refractivity (Wildman–Crippen MR) is 152 cm³/mol. The van der Waals surface area contributed by atoms with Crippen molar-refractivity contribution in [2.75, 3.05) is 0 Å². The summed E-state index contributed by atoms with van der Waals surface area (Å²) in [7, 11) is 0. The van der Waals surface area contributed by atoms with Crippen molar-refractivity contribution in [3.63, 3.8) is 0 Å². The highest BCUT2D eigenvalue weighted by atomic mass is 19.1. The highest BCUT2D eigenvalue weighted by Crippen LogP contribution is 2.56. The lowest BCUT2D eigenvalue weighted by atomic mass is 9.86. The number of rotatable bonds is 2. The van der Waals surface area contributed by atoms with E-state index in [1.54, 1.807) is 36.4 Å². The van der Waals surface area contributed by atoms with Gasteiger partial charge in [0.2, 0.25) is 0 Å². The molecule has 0 aliphatic heterocycles. The maximum absolute atomic E-state index is 15.5. The van der Waals surface area contributed by atoms with Crippen LogP contribution in [-0.4, -0.2) is 4.98 Å². The summed E-state index contributed by atoms with van der Waals surface area (Å²) in [4.78, 5) is 3.63. The SMILES string of the molecule is N#CC(C#N)=C1C(c2cc(F)c(C#N)cc2F)=C(C#N)c2c1cc1c(c2C#N)C(=C(C#N)C#N)C(c2cc(C#N)ncc2F)=C1C#N. The molecule has 10 nitrogen and oxygen atoms in total. The Morgan fingerprint density at radius 1 is 0.511 bits per heavy atom. The Bertz CT molecular complexity index is 2560. The number of allylic oxidation sites excluding steroid dienone is 8. The third kappa shape index (κ3) is 4.23. The largest absolute Gasteiger partial charge is 0.242 e. The minimum absolute atomic E-state index is 0.191. The standard InChI is InChI=1S/C34H5F3N10/c35-26-4-21(27(36)1-15(26)5-38)34-25(13-46)31-22(29(34)16(6-39)7-40)3-19-23(11-44)33(20-2-18(10-43)47-14-28(20)37)30(17(8-41)9-42)32(19)24(31)12-45/h1-4,14H. The lowest BCUT2D eigenvalue weighted by molar-refractivity contribution is 0.594. The molecule has 1 heterocycles.